The summed E-state index contributed by atoms with van der Waals surface area (Å²) in [6.07, 6.45) is 0. The van der Waals surface area contributed by atoms with Crippen LogP contribution in [0.3, 0.4) is 0 Å². The molecule has 0 saturated heterocycles. The maximum atomic E-state index is 13.4. The zero-order valence-corrected chi connectivity index (χ0v) is 20.3. The minimum atomic E-state index is -3.93. The predicted octanol–water partition coefficient (Wildman–Crippen LogP) is 4.31. The van der Waals surface area contributed by atoms with Crippen molar-refractivity contribution < 1.29 is 17.9 Å². The van der Waals surface area contributed by atoms with Gasteiger partial charge in [-0.2, -0.15) is 0 Å². The number of carbonyl (C=O) groups is 1. The van der Waals surface area contributed by atoms with Gasteiger partial charge < -0.3 is 10.1 Å². The van der Waals surface area contributed by atoms with E-state index in [0.717, 1.165) is 32.3 Å². The molecule has 0 spiro atoms. The highest BCUT2D eigenvalue weighted by molar-refractivity contribution is 7.92. The fourth-order valence-electron chi connectivity index (χ4n) is 3.52. The van der Waals surface area contributed by atoms with Gasteiger partial charge in [0.15, 0.2) is 0 Å². The molecular weight excluding hydrogens is 436 g/mol. The molecule has 6 nitrogen and oxygen atoms in total. The van der Waals surface area contributed by atoms with Crippen molar-refractivity contribution in [1.82, 2.24) is 5.32 Å². The lowest BCUT2D eigenvalue weighted by Gasteiger charge is -2.26. The number of anilines is 1. The molecule has 33 heavy (non-hydrogen) atoms. The number of nitrogens with zero attached hydrogens (tertiary/aromatic N) is 1. The molecule has 3 aromatic carbocycles. The lowest BCUT2D eigenvalue weighted by molar-refractivity contribution is -0.119. The number of hydrogen-bond acceptors (Lipinski definition) is 4. The van der Waals surface area contributed by atoms with Crippen molar-refractivity contribution in [2.24, 2.45) is 0 Å². The molecule has 0 bridgehead atoms. The monoisotopic (exact) mass is 466 g/mol. The summed E-state index contributed by atoms with van der Waals surface area (Å²) in [5.74, 6) is 0.367. The smallest absolute Gasteiger partial charge is 0.264 e. The first-order valence-electron chi connectivity index (χ1n) is 10.8. The molecule has 0 atom stereocenters. The Morgan fingerprint density at radius 1 is 0.909 bits per heavy atom. The van der Waals surface area contributed by atoms with Crippen LogP contribution in [0.1, 0.15) is 22.3 Å². The van der Waals surface area contributed by atoms with E-state index in [2.05, 4.69) is 5.32 Å². The fraction of sp³-hybridized carbons (Fsp3) is 0.269. The van der Waals surface area contributed by atoms with Crippen LogP contribution in [0.4, 0.5) is 5.69 Å². The van der Waals surface area contributed by atoms with Gasteiger partial charge in [0.1, 0.15) is 18.9 Å². The Hall–Kier alpha value is -3.32. The Morgan fingerprint density at radius 2 is 1.64 bits per heavy atom. The van der Waals surface area contributed by atoms with Gasteiger partial charge in [0.25, 0.3) is 10.0 Å². The third-order valence-electron chi connectivity index (χ3n) is 5.48. The number of hydrogen-bond donors (Lipinski definition) is 1. The summed E-state index contributed by atoms with van der Waals surface area (Å²) in [6.45, 7) is 7.99. The van der Waals surface area contributed by atoms with E-state index in [1.54, 1.807) is 24.3 Å². The number of benzene rings is 3. The molecule has 0 aliphatic carbocycles. The first-order chi connectivity index (χ1) is 15.7. The van der Waals surface area contributed by atoms with E-state index in [4.69, 9.17) is 4.74 Å². The van der Waals surface area contributed by atoms with Crippen molar-refractivity contribution in [3.63, 3.8) is 0 Å². The van der Waals surface area contributed by atoms with Crippen LogP contribution in [0, 0.1) is 27.7 Å². The molecule has 0 aliphatic heterocycles. The Kier molecular flexibility index (Phi) is 7.76. The molecule has 0 aliphatic rings. The zero-order valence-electron chi connectivity index (χ0n) is 19.5. The number of carbonyl (C=O) groups excluding carboxylic acids is 1. The van der Waals surface area contributed by atoms with Crippen LogP contribution >= 0.6 is 0 Å². The van der Waals surface area contributed by atoms with Gasteiger partial charge in [-0.25, -0.2) is 8.42 Å². The molecule has 0 unspecified atom stereocenters. The van der Waals surface area contributed by atoms with Crippen LogP contribution in [0.2, 0.25) is 0 Å². The van der Waals surface area contributed by atoms with Gasteiger partial charge in [-0.15, -0.1) is 0 Å². The average Bonchev–Trinajstić information content (AvgIpc) is 2.79. The molecule has 3 aromatic rings. The third-order valence-corrected chi connectivity index (χ3v) is 7.25. The molecule has 0 radical (unpaired) electrons. The van der Waals surface area contributed by atoms with Crippen LogP contribution in [-0.2, 0) is 14.8 Å². The maximum absolute atomic E-state index is 13.4. The SMILES string of the molecule is Cc1ccc(N(CC(=O)NCCOc2cccc(C)c2C)S(=O)(=O)c2ccccc2)c(C)c1. The molecule has 0 heterocycles. The number of nitrogens with one attached hydrogen (secondary N) is 1. The number of amides is 1. The van der Waals surface area contributed by atoms with Crippen LogP contribution in [0.25, 0.3) is 0 Å². The lowest BCUT2D eigenvalue weighted by Crippen LogP contribution is -2.42. The van der Waals surface area contributed by atoms with Gasteiger partial charge in [-0.3, -0.25) is 9.10 Å². The minimum absolute atomic E-state index is 0.135. The van der Waals surface area contributed by atoms with Crippen molar-refractivity contribution >= 4 is 21.6 Å². The summed E-state index contributed by atoms with van der Waals surface area (Å²) in [5, 5.41) is 2.77. The van der Waals surface area contributed by atoms with Crippen molar-refractivity contribution in [1.29, 1.82) is 0 Å². The average molecular weight is 467 g/mol. The molecule has 7 heteroatoms. The maximum Gasteiger partial charge on any atom is 0.264 e. The number of aryl methyl sites for hydroxylation is 3. The largest absolute Gasteiger partial charge is 0.491 e. The molecule has 1 amide bonds. The van der Waals surface area contributed by atoms with Crippen LogP contribution < -0.4 is 14.4 Å². The second-order valence-corrected chi connectivity index (χ2v) is 9.87. The molecule has 174 valence electrons. The second-order valence-electron chi connectivity index (χ2n) is 8.01. The summed E-state index contributed by atoms with van der Waals surface area (Å²) >= 11 is 0. The van der Waals surface area contributed by atoms with E-state index < -0.39 is 15.9 Å². The van der Waals surface area contributed by atoms with Crippen LogP contribution in [0.5, 0.6) is 5.75 Å². The first-order valence-corrected chi connectivity index (χ1v) is 12.2. The Bertz CT molecular complexity index is 1220. The molecule has 1 N–H and O–H groups in total. The van der Waals surface area contributed by atoms with Crippen molar-refractivity contribution in [3.05, 3.63) is 89.0 Å². The minimum Gasteiger partial charge on any atom is -0.491 e. The summed E-state index contributed by atoms with van der Waals surface area (Å²) in [6, 6.07) is 19.4. The summed E-state index contributed by atoms with van der Waals surface area (Å²) < 4.78 is 33.8. The Morgan fingerprint density at radius 3 is 2.33 bits per heavy atom. The summed E-state index contributed by atoms with van der Waals surface area (Å²) in [4.78, 5) is 12.9. The molecular formula is C26H30N2O4S. The van der Waals surface area contributed by atoms with E-state index >= 15 is 0 Å². The van der Waals surface area contributed by atoms with Crippen molar-refractivity contribution in [3.8, 4) is 5.75 Å². The third kappa shape index (κ3) is 5.93. The zero-order chi connectivity index (χ0) is 24.0. The van der Waals surface area contributed by atoms with Gasteiger partial charge in [0.2, 0.25) is 5.91 Å². The van der Waals surface area contributed by atoms with Gasteiger partial charge in [0.05, 0.1) is 17.1 Å². The van der Waals surface area contributed by atoms with Gasteiger partial charge in [-0.1, -0.05) is 48.0 Å². The number of sulfonamides is 1. The highest BCUT2D eigenvalue weighted by Gasteiger charge is 2.28. The topological polar surface area (TPSA) is 75.7 Å². The lowest BCUT2D eigenvalue weighted by atomic mass is 10.1. The van der Waals surface area contributed by atoms with E-state index in [9.17, 15) is 13.2 Å². The van der Waals surface area contributed by atoms with Crippen LogP contribution in [-0.4, -0.2) is 34.0 Å². The number of rotatable bonds is 9. The molecule has 3 rings (SSSR count). The van der Waals surface area contributed by atoms with Gasteiger partial charge in [0, 0.05) is 0 Å². The first kappa shape index (κ1) is 24.3. The van der Waals surface area contributed by atoms with Crippen molar-refractivity contribution in [2.45, 2.75) is 32.6 Å². The van der Waals surface area contributed by atoms with E-state index in [-0.39, 0.29) is 24.6 Å². The van der Waals surface area contributed by atoms with E-state index in [0.29, 0.717) is 5.69 Å². The van der Waals surface area contributed by atoms with Crippen molar-refractivity contribution in [2.75, 3.05) is 24.0 Å². The quantitative estimate of drug-likeness (QED) is 0.477. The van der Waals surface area contributed by atoms with Crippen LogP contribution in [0.15, 0.2) is 71.6 Å². The van der Waals surface area contributed by atoms with E-state index in [1.165, 1.54) is 12.1 Å². The standard InChI is InChI=1S/C26H30N2O4S/c1-19-13-14-24(21(3)17-19)28(33(30,31)23-10-6-5-7-11-23)18-26(29)27-15-16-32-25-12-8-9-20(2)22(25)4/h5-14,17H,15-16,18H2,1-4H3,(H,27,29). The molecule has 0 aromatic heterocycles. The summed E-state index contributed by atoms with van der Waals surface area (Å²) in [5.41, 5.74) is 4.46. The highest BCUT2D eigenvalue weighted by Crippen LogP contribution is 2.27. The Labute approximate surface area is 196 Å². The predicted molar refractivity (Wildman–Crippen MR) is 131 cm³/mol. The van der Waals surface area contributed by atoms with Gasteiger partial charge in [-0.05, 0) is 68.7 Å². The molecule has 0 saturated carbocycles. The normalized spacial score (nSPS) is 11.2. The fourth-order valence-corrected chi connectivity index (χ4v) is 5.03. The van der Waals surface area contributed by atoms with Gasteiger partial charge >= 0.3 is 0 Å². The van der Waals surface area contributed by atoms with E-state index in [1.807, 2.05) is 58.0 Å². The molecule has 0 fully saturated rings. The second kappa shape index (κ2) is 10.5. The Balaban J connectivity index is 1.73. The highest BCUT2D eigenvalue weighted by atomic mass is 32.2. The summed E-state index contributed by atoms with van der Waals surface area (Å²) in [7, 11) is -3.93. The number of ether oxygens (including phenoxy) is 1.